The van der Waals surface area contributed by atoms with Gasteiger partial charge in [0.05, 0.1) is 5.75 Å². The van der Waals surface area contributed by atoms with Crippen LogP contribution in [0.2, 0.25) is 0 Å². The largest absolute Gasteiger partial charge is 0.480 e. The van der Waals surface area contributed by atoms with Crippen LogP contribution in [0.15, 0.2) is 24.3 Å². The molecule has 0 spiro atoms. The van der Waals surface area contributed by atoms with Gasteiger partial charge >= 0.3 is 5.97 Å². The van der Waals surface area contributed by atoms with Gasteiger partial charge in [-0.1, -0.05) is 29.8 Å². The van der Waals surface area contributed by atoms with Gasteiger partial charge in [0.2, 0.25) is 5.91 Å². The number of benzene rings is 1. The molecule has 108 valence electrons. The van der Waals surface area contributed by atoms with Gasteiger partial charge < -0.3 is 10.4 Å². The summed E-state index contributed by atoms with van der Waals surface area (Å²) in [5.74, 6) is -0.0544. The lowest BCUT2D eigenvalue weighted by Gasteiger charge is -2.38. The maximum absolute atomic E-state index is 11.8. The third kappa shape index (κ3) is 3.54. The molecule has 0 aliphatic heterocycles. The highest BCUT2D eigenvalue weighted by atomic mass is 32.2. The molecule has 1 aliphatic carbocycles. The van der Waals surface area contributed by atoms with Gasteiger partial charge in [0, 0.05) is 5.75 Å². The van der Waals surface area contributed by atoms with Crippen LogP contribution in [0.3, 0.4) is 0 Å². The van der Waals surface area contributed by atoms with Crippen LogP contribution in [0.25, 0.3) is 0 Å². The van der Waals surface area contributed by atoms with Gasteiger partial charge in [-0.25, -0.2) is 4.79 Å². The summed E-state index contributed by atoms with van der Waals surface area (Å²) in [5, 5.41) is 11.8. The van der Waals surface area contributed by atoms with Gasteiger partial charge in [0.25, 0.3) is 0 Å². The molecule has 0 atom stereocenters. The lowest BCUT2D eigenvalue weighted by atomic mass is 9.77. The normalized spacial score (nSPS) is 16.2. The molecule has 4 nitrogen and oxygen atoms in total. The highest BCUT2D eigenvalue weighted by molar-refractivity contribution is 7.99. The average Bonchev–Trinajstić information content (AvgIpc) is 2.36. The van der Waals surface area contributed by atoms with E-state index >= 15 is 0 Å². The summed E-state index contributed by atoms with van der Waals surface area (Å²) in [6.45, 7) is 2.04. The maximum atomic E-state index is 11.8. The lowest BCUT2D eigenvalue weighted by molar-refractivity contribution is -0.151. The summed E-state index contributed by atoms with van der Waals surface area (Å²) in [6, 6.07) is 8.18. The van der Waals surface area contributed by atoms with Crippen LogP contribution in [0.5, 0.6) is 0 Å². The summed E-state index contributed by atoms with van der Waals surface area (Å²) in [7, 11) is 0. The lowest BCUT2D eigenvalue weighted by Crippen LogP contribution is -2.59. The number of hydrogen-bond acceptors (Lipinski definition) is 3. The Morgan fingerprint density at radius 3 is 2.45 bits per heavy atom. The van der Waals surface area contributed by atoms with E-state index in [2.05, 4.69) is 5.32 Å². The molecule has 0 heterocycles. The third-order valence-electron chi connectivity index (χ3n) is 3.62. The zero-order valence-electron chi connectivity index (χ0n) is 11.5. The van der Waals surface area contributed by atoms with Crippen molar-refractivity contribution in [1.82, 2.24) is 5.32 Å². The minimum Gasteiger partial charge on any atom is -0.480 e. The second kappa shape index (κ2) is 6.31. The Kier molecular flexibility index (Phi) is 4.70. The Bertz CT molecular complexity index is 494. The molecule has 0 bridgehead atoms. The highest BCUT2D eigenvalue weighted by Gasteiger charge is 2.45. The number of amides is 1. The Labute approximate surface area is 123 Å². The van der Waals surface area contributed by atoms with Gasteiger partial charge in [0.15, 0.2) is 0 Å². The fourth-order valence-corrected chi connectivity index (χ4v) is 2.96. The molecule has 0 unspecified atom stereocenters. The van der Waals surface area contributed by atoms with Crippen molar-refractivity contribution in [2.24, 2.45) is 0 Å². The van der Waals surface area contributed by atoms with Crippen LogP contribution >= 0.6 is 11.8 Å². The molecular weight excluding hydrogens is 274 g/mol. The third-order valence-corrected chi connectivity index (χ3v) is 4.62. The predicted octanol–water partition coefficient (Wildman–Crippen LogP) is 2.35. The quantitative estimate of drug-likeness (QED) is 0.845. The summed E-state index contributed by atoms with van der Waals surface area (Å²) in [5.41, 5.74) is 1.39. The fraction of sp³-hybridized carbons (Fsp3) is 0.467. The number of nitrogens with one attached hydrogen (secondary N) is 1. The minimum absolute atomic E-state index is 0.191. The Morgan fingerprint density at radius 2 is 1.95 bits per heavy atom. The van der Waals surface area contributed by atoms with E-state index in [1.54, 1.807) is 0 Å². The van der Waals surface area contributed by atoms with E-state index in [1.807, 2.05) is 31.2 Å². The average molecular weight is 293 g/mol. The summed E-state index contributed by atoms with van der Waals surface area (Å²) in [6.07, 6.45) is 1.94. The van der Waals surface area contributed by atoms with Crippen LogP contribution in [-0.4, -0.2) is 28.3 Å². The SMILES string of the molecule is Cc1ccc(CSCC(=O)NC2(C(=O)O)CCC2)cc1. The van der Waals surface area contributed by atoms with Crippen molar-refractivity contribution in [1.29, 1.82) is 0 Å². The van der Waals surface area contributed by atoms with E-state index in [0.717, 1.165) is 12.2 Å². The van der Waals surface area contributed by atoms with E-state index in [1.165, 1.54) is 22.9 Å². The molecule has 5 heteroatoms. The van der Waals surface area contributed by atoms with E-state index in [9.17, 15) is 9.59 Å². The first kappa shape index (κ1) is 14.9. The number of thioether (sulfide) groups is 1. The molecule has 20 heavy (non-hydrogen) atoms. The molecule has 0 aromatic heterocycles. The number of carbonyl (C=O) groups is 2. The number of rotatable bonds is 6. The molecule has 2 N–H and O–H groups in total. The number of aliphatic carboxylic acids is 1. The number of hydrogen-bond donors (Lipinski definition) is 2. The molecule has 1 aromatic rings. The second-order valence-electron chi connectivity index (χ2n) is 5.27. The zero-order valence-corrected chi connectivity index (χ0v) is 12.3. The number of carboxylic acid groups (broad SMARTS) is 1. The monoisotopic (exact) mass is 293 g/mol. The molecule has 1 fully saturated rings. The molecular formula is C15H19NO3S. The van der Waals surface area contributed by atoms with Gasteiger partial charge in [-0.2, -0.15) is 0 Å². The molecule has 1 amide bonds. The fourth-order valence-electron chi connectivity index (χ4n) is 2.17. The first-order valence-electron chi connectivity index (χ1n) is 6.69. The van der Waals surface area contributed by atoms with Gasteiger partial charge in [0.1, 0.15) is 5.54 Å². The van der Waals surface area contributed by atoms with Gasteiger partial charge in [-0.3, -0.25) is 4.79 Å². The zero-order chi connectivity index (χ0) is 14.6. The standard InChI is InChI=1S/C15H19NO3S/c1-11-3-5-12(6-4-11)9-20-10-13(17)16-15(14(18)19)7-2-8-15/h3-6H,2,7-10H2,1H3,(H,16,17)(H,18,19). The van der Waals surface area contributed by atoms with Crippen molar-refractivity contribution in [2.75, 3.05) is 5.75 Å². The molecule has 0 saturated heterocycles. The number of carboxylic acids is 1. The van der Waals surface area contributed by atoms with Crippen LogP contribution < -0.4 is 5.32 Å². The molecule has 1 aromatic carbocycles. The topological polar surface area (TPSA) is 66.4 Å². The van der Waals surface area contributed by atoms with Crippen molar-refractivity contribution in [3.63, 3.8) is 0 Å². The van der Waals surface area contributed by atoms with E-state index < -0.39 is 11.5 Å². The smallest absolute Gasteiger partial charge is 0.329 e. The van der Waals surface area contributed by atoms with E-state index in [-0.39, 0.29) is 5.91 Å². The highest BCUT2D eigenvalue weighted by Crippen LogP contribution is 2.32. The summed E-state index contributed by atoms with van der Waals surface area (Å²) < 4.78 is 0. The Hall–Kier alpha value is -1.49. The van der Waals surface area contributed by atoms with E-state index in [0.29, 0.717) is 18.6 Å². The molecule has 1 aliphatic rings. The summed E-state index contributed by atoms with van der Waals surface area (Å²) >= 11 is 1.50. The second-order valence-corrected chi connectivity index (χ2v) is 6.25. The molecule has 0 radical (unpaired) electrons. The van der Waals surface area contributed by atoms with Crippen LogP contribution in [-0.2, 0) is 15.3 Å². The first-order chi connectivity index (χ1) is 9.52. The van der Waals surface area contributed by atoms with Crippen LogP contribution in [0.4, 0.5) is 0 Å². The van der Waals surface area contributed by atoms with Crippen molar-refractivity contribution in [3.8, 4) is 0 Å². The maximum Gasteiger partial charge on any atom is 0.329 e. The van der Waals surface area contributed by atoms with Crippen molar-refractivity contribution in [3.05, 3.63) is 35.4 Å². The molecule has 1 saturated carbocycles. The molecule has 2 rings (SSSR count). The number of aryl methyl sites for hydroxylation is 1. The van der Waals surface area contributed by atoms with E-state index in [4.69, 9.17) is 5.11 Å². The first-order valence-corrected chi connectivity index (χ1v) is 7.85. The van der Waals surface area contributed by atoms with Crippen molar-refractivity contribution >= 4 is 23.6 Å². The Balaban J connectivity index is 1.75. The van der Waals surface area contributed by atoms with Crippen molar-refractivity contribution < 1.29 is 14.7 Å². The number of carbonyl (C=O) groups excluding carboxylic acids is 1. The Morgan fingerprint density at radius 1 is 1.30 bits per heavy atom. The van der Waals surface area contributed by atoms with Gasteiger partial charge in [-0.05, 0) is 31.7 Å². The van der Waals surface area contributed by atoms with Crippen LogP contribution in [0, 0.1) is 6.92 Å². The van der Waals surface area contributed by atoms with Gasteiger partial charge in [-0.15, -0.1) is 11.8 Å². The predicted molar refractivity (Wildman–Crippen MR) is 79.7 cm³/mol. The van der Waals surface area contributed by atoms with Crippen molar-refractivity contribution in [2.45, 2.75) is 37.5 Å². The minimum atomic E-state index is -0.999. The van der Waals surface area contributed by atoms with Crippen LogP contribution in [0.1, 0.15) is 30.4 Å². The summed E-state index contributed by atoms with van der Waals surface area (Å²) in [4.78, 5) is 22.9.